The fourth-order valence-corrected chi connectivity index (χ4v) is 4.45. The summed E-state index contributed by atoms with van der Waals surface area (Å²) in [6.45, 7) is 4.96. The van der Waals surface area contributed by atoms with Crippen LogP contribution in [0.4, 0.5) is 4.79 Å². The van der Waals surface area contributed by atoms with E-state index >= 15 is 0 Å². The molecule has 2 aliphatic heterocycles. The molecule has 1 aliphatic carbocycles. The number of ether oxygens (including phenoxy) is 3. The summed E-state index contributed by atoms with van der Waals surface area (Å²) in [6, 6.07) is 5.97. The Morgan fingerprint density at radius 3 is 2.60 bits per heavy atom. The highest BCUT2D eigenvalue weighted by Crippen LogP contribution is 2.38. The lowest BCUT2D eigenvalue weighted by atomic mass is 9.85. The van der Waals surface area contributed by atoms with Crippen LogP contribution in [0.25, 0.3) is 0 Å². The zero-order valence-electron chi connectivity index (χ0n) is 18.2. The van der Waals surface area contributed by atoms with Gasteiger partial charge in [0.05, 0.1) is 25.0 Å². The van der Waals surface area contributed by atoms with E-state index in [1.807, 2.05) is 32.0 Å². The molecule has 4 rings (SSSR count). The topological polar surface area (TPSA) is 69.6 Å². The van der Waals surface area contributed by atoms with Gasteiger partial charge in [-0.05, 0) is 57.7 Å². The summed E-state index contributed by atoms with van der Waals surface area (Å²) >= 11 is 0. The van der Waals surface area contributed by atoms with Gasteiger partial charge in [-0.15, -0.1) is 0 Å². The van der Waals surface area contributed by atoms with Crippen molar-refractivity contribution in [3.63, 3.8) is 0 Å². The zero-order valence-corrected chi connectivity index (χ0v) is 18.2. The summed E-state index contributed by atoms with van der Waals surface area (Å²) in [5, 5.41) is 4.42. The van der Waals surface area contributed by atoms with E-state index in [4.69, 9.17) is 19.0 Å². The Morgan fingerprint density at radius 1 is 1.20 bits per heavy atom. The number of rotatable bonds is 5. The van der Waals surface area contributed by atoms with Gasteiger partial charge in [-0.2, -0.15) is 0 Å². The Labute approximate surface area is 178 Å². The Kier molecular flexibility index (Phi) is 6.06. The minimum atomic E-state index is -0.337. The van der Waals surface area contributed by atoms with Crippen molar-refractivity contribution < 1.29 is 23.8 Å². The largest absolute Gasteiger partial charge is 0.493 e. The molecule has 2 heterocycles. The van der Waals surface area contributed by atoms with Crippen LogP contribution in [-0.2, 0) is 9.57 Å². The first-order valence-electron chi connectivity index (χ1n) is 11.0. The van der Waals surface area contributed by atoms with E-state index < -0.39 is 0 Å². The third-order valence-corrected chi connectivity index (χ3v) is 6.20. The third-order valence-electron chi connectivity index (χ3n) is 6.20. The van der Waals surface area contributed by atoms with Gasteiger partial charge in [0.25, 0.3) is 0 Å². The van der Waals surface area contributed by atoms with Gasteiger partial charge in [0, 0.05) is 37.9 Å². The summed E-state index contributed by atoms with van der Waals surface area (Å²) in [7, 11) is 1.67. The Balaban J connectivity index is 1.40. The molecule has 0 radical (unpaired) electrons. The number of hydrogen-bond donors (Lipinski definition) is 0. The van der Waals surface area contributed by atoms with Gasteiger partial charge < -0.3 is 23.9 Å². The third kappa shape index (κ3) is 4.50. The number of carbonyl (C=O) groups excluding carboxylic acids is 1. The summed E-state index contributed by atoms with van der Waals surface area (Å²) in [5.74, 6) is 1.52. The minimum absolute atomic E-state index is 0.109. The van der Waals surface area contributed by atoms with Gasteiger partial charge in [-0.3, -0.25) is 0 Å². The molecule has 7 nitrogen and oxygen atoms in total. The molecule has 0 atom stereocenters. The Morgan fingerprint density at radius 2 is 1.93 bits per heavy atom. The molecule has 0 bridgehead atoms. The smallest absolute Gasteiger partial charge is 0.410 e. The van der Waals surface area contributed by atoms with Crippen LogP contribution in [0.15, 0.2) is 23.4 Å². The highest BCUT2D eigenvalue weighted by molar-refractivity contribution is 6.02. The maximum atomic E-state index is 12.1. The van der Waals surface area contributed by atoms with Crippen molar-refractivity contribution >= 4 is 11.8 Å². The summed E-state index contributed by atoms with van der Waals surface area (Å²) in [4.78, 5) is 19.8. The molecule has 1 spiro atoms. The van der Waals surface area contributed by atoms with Crippen molar-refractivity contribution in [3.8, 4) is 11.5 Å². The second-order valence-electron chi connectivity index (χ2n) is 8.80. The van der Waals surface area contributed by atoms with Crippen molar-refractivity contribution in [2.45, 2.75) is 76.6 Å². The van der Waals surface area contributed by atoms with Crippen molar-refractivity contribution in [2.24, 2.45) is 5.16 Å². The number of piperidine rings is 1. The van der Waals surface area contributed by atoms with Crippen molar-refractivity contribution in [1.29, 1.82) is 0 Å². The lowest BCUT2D eigenvalue weighted by Crippen LogP contribution is -2.47. The maximum absolute atomic E-state index is 12.1. The summed E-state index contributed by atoms with van der Waals surface area (Å²) in [5.41, 5.74) is 1.59. The van der Waals surface area contributed by atoms with E-state index in [9.17, 15) is 4.79 Å². The number of benzene rings is 1. The Hall–Kier alpha value is -2.44. The molecule has 1 saturated carbocycles. The average Bonchev–Trinajstić information content (AvgIpc) is 3.38. The number of carbonyl (C=O) groups is 1. The van der Waals surface area contributed by atoms with E-state index in [0.29, 0.717) is 13.1 Å². The molecule has 0 aromatic heterocycles. The van der Waals surface area contributed by atoms with E-state index in [-0.39, 0.29) is 23.9 Å². The minimum Gasteiger partial charge on any atom is -0.493 e. The molecule has 1 saturated heterocycles. The van der Waals surface area contributed by atoms with E-state index in [2.05, 4.69) is 5.16 Å². The number of nitrogens with zero attached hydrogens (tertiary/aromatic N) is 2. The van der Waals surface area contributed by atoms with Gasteiger partial charge in [-0.25, -0.2) is 4.79 Å². The molecule has 3 aliphatic rings. The van der Waals surface area contributed by atoms with Crippen molar-refractivity contribution in [2.75, 3.05) is 20.2 Å². The number of amides is 1. The molecular formula is C23H32N2O5. The molecule has 30 heavy (non-hydrogen) atoms. The van der Waals surface area contributed by atoms with E-state index in [0.717, 1.165) is 54.9 Å². The highest BCUT2D eigenvalue weighted by Gasteiger charge is 2.43. The Bertz CT molecular complexity index is 793. The van der Waals surface area contributed by atoms with Crippen LogP contribution in [-0.4, -0.2) is 54.7 Å². The van der Waals surface area contributed by atoms with Gasteiger partial charge in [-0.1, -0.05) is 5.16 Å². The van der Waals surface area contributed by atoms with Crippen LogP contribution in [0.3, 0.4) is 0 Å². The first-order chi connectivity index (χ1) is 14.5. The molecular weight excluding hydrogens is 384 g/mol. The van der Waals surface area contributed by atoms with Crippen LogP contribution in [0.1, 0.15) is 64.4 Å². The van der Waals surface area contributed by atoms with Crippen LogP contribution >= 0.6 is 0 Å². The lowest BCUT2D eigenvalue weighted by Gasteiger charge is -2.36. The first-order valence-corrected chi connectivity index (χ1v) is 11.0. The molecule has 1 aromatic carbocycles. The molecule has 0 N–H and O–H groups in total. The second kappa shape index (κ2) is 8.74. The molecule has 2 fully saturated rings. The number of methoxy groups -OCH3 is 1. The normalized spacial score (nSPS) is 20.9. The fraction of sp³-hybridized carbons (Fsp3) is 0.652. The molecule has 164 valence electrons. The fourth-order valence-electron chi connectivity index (χ4n) is 4.45. The van der Waals surface area contributed by atoms with Crippen molar-refractivity contribution in [3.05, 3.63) is 23.8 Å². The van der Waals surface area contributed by atoms with Crippen LogP contribution in [0, 0.1) is 0 Å². The average molecular weight is 417 g/mol. The number of hydrogen-bond acceptors (Lipinski definition) is 6. The molecule has 1 amide bonds. The SMILES string of the molecule is COc1ccc(C2=NOC3(CCN(C(=O)OC(C)C)CC3)C2)cc1OC1CCCC1. The number of likely N-dealkylation sites (tertiary alicyclic amines) is 1. The van der Waals surface area contributed by atoms with Crippen LogP contribution in [0.2, 0.25) is 0 Å². The molecule has 0 unspecified atom stereocenters. The van der Waals surface area contributed by atoms with E-state index in [1.54, 1.807) is 12.0 Å². The predicted molar refractivity (Wildman–Crippen MR) is 113 cm³/mol. The summed E-state index contributed by atoms with van der Waals surface area (Å²) < 4.78 is 17.0. The van der Waals surface area contributed by atoms with E-state index in [1.165, 1.54) is 12.8 Å². The van der Waals surface area contributed by atoms with Gasteiger partial charge in [0.2, 0.25) is 0 Å². The van der Waals surface area contributed by atoms with Gasteiger partial charge in [0.15, 0.2) is 11.5 Å². The maximum Gasteiger partial charge on any atom is 0.410 e. The molecule has 1 aromatic rings. The van der Waals surface area contributed by atoms with Crippen LogP contribution < -0.4 is 9.47 Å². The first kappa shape index (κ1) is 20.8. The number of oxime groups is 1. The van der Waals surface area contributed by atoms with Gasteiger partial charge in [0.1, 0.15) is 5.60 Å². The molecule has 7 heteroatoms. The highest BCUT2D eigenvalue weighted by atomic mass is 16.7. The second-order valence-corrected chi connectivity index (χ2v) is 8.80. The standard InChI is InChI=1S/C23H32N2O5/c1-16(2)28-22(26)25-12-10-23(11-13-25)15-19(24-30-23)17-8-9-20(27-3)21(14-17)29-18-6-4-5-7-18/h8-9,14,16,18H,4-7,10-13,15H2,1-3H3. The van der Waals surface area contributed by atoms with Crippen molar-refractivity contribution in [1.82, 2.24) is 4.90 Å². The quantitative estimate of drug-likeness (QED) is 0.706. The zero-order chi connectivity index (χ0) is 21.1. The predicted octanol–water partition coefficient (Wildman–Crippen LogP) is 4.52. The monoisotopic (exact) mass is 416 g/mol. The lowest BCUT2D eigenvalue weighted by molar-refractivity contribution is -0.0604. The van der Waals surface area contributed by atoms with Gasteiger partial charge >= 0.3 is 6.09 Å². The summed E-state index contributed by atoms with van der Waals surface area (Å²) in [6.07, 6.45) is 6.75. The van der Waals surface area contributed by atoms with Crippen LogP contribution in [0.5, 0.6) is 11.5 Å².